The summed E-state index contributed by atoms with van der Waals surface area (Å²) in [6, 6.07) is 25.4. The molecule has 0 radical (unpaired) electrons. The summed E-state index contributed by atoms with van der Waals surface area (Å²) >= 11 is 0. The number of aldehydes is 2. The Labute approximate surface area is 263 Å². The lowest BCUT2D eigenvalue weighted by atomic mass is 9.94. The second-order valence-corrected chi connectivity index (χ2v) is 10.3. The molecule has 0 fully saturated rings. The fourth-order valence-electron chi connectivity index (χ4n) is 5.63. The molecule has 0 aliphatic heterocycles. The Morgan fingerprint density at radius 3 is 1.43 bits per heavy atom. The second-order valence-electron chi connectivity index (χ2n) is 10.3. The summed E-state index contributed by atoms with van der Waals surface area (Å²) in [5.41, 5.74) is 6.28. The minimum absolute atomic E-state index is 0.122. The van der Waals surface area contributed by atoms with Gasteiger partial charge in [-0.2, -0.15) is 0 Å². The first-order valence-corrected chi connectivity index (χ1v) is 14.7. The van der Waals surface area contributed by atoms with Crippen molar-refractivity contribution in [3.8, 4) is 56.4 Å². The lowest BCUT2D eigenvalue weighted by Crippen LogP contribution is -2.08. The van der Waals surface area contributed by atoms with Crippen LogP contribution < -0.4 is 0 Å². The quantitative estimate of drug-likeness (QED) is 0.0888. The highest BCUT2D eigenvalue weighted by atomic mass is 16.5. The van der Waals surface area contributed by atoms with E-state index < -0.39 is 11.9 Å². The molecule has 0 amide bonds. The van der Waals surface area contributed by atoms with Crippen LogP contribution in [0.1, 0.15) is 55.5 Å². The second kappa shape index (κ2) is 12.8. The summed E-state index contributed by atoms with van der Waals surface area (Å²) in [6.45, 7) is 3.70. The van der Waals surface area contributed by atoms with Gasteiger partial charge in [0.1, 0.15) is 0 Å². The smallest absolute Gasteiger partial charge is 0.341 e. The Hall–Kier alpha value is -6.16. The van der Waals surface area contributed by atoms with Crippen molar-refractivity contribution in [2.24, 2.45) is 0 Å². The molecule has 0 saturated carbocycles. The molecule has 10 heteroatoms. The molecule has 0 spiro atoms. The number of carbonyl (C=O) groups excluding carboxylic acids is 4. The van der Waals surface area contributed by atoms with Gasteiger partial charge in [-0.05, 0) is 49.2 Å². The van der Waals surface area contributed by atoms with Gasteiger partial charge in [-0.15, -0.1) is 0 Å². The monoisotopic (exact) mass is 614 g/mol. The summed E-state index contributed by atoms with van der Waals surface area (Å²) in [5.74, 6) is -1.18. The molecule has 46 heavy (non-hydrogen) atoms. The Bertz CT molecular complexity index is 2050. The molecule has 10 nitrogen and oxygen atoms in total. The zero-order chi connectivity index (χ0) is 32.2. The van der Waals surface area contributed by atoms with Crippen molar-refractivity contribution in [1.82, 2.24) is 19.9 Å². The fourth-order valence-corrected chi connectivity index (χ4v) is 5.63. The average molecular weight is 615 g/mol. The van der Waals surface area contributed by atoms with Crippen LogP contribution in [0, 0.1) is 0 Å². The van der Waals surface area contributed by atoms with Gasteiger partial charge in [-0.1, -0.05) is 60.7 Å². The number of ether oxygens (including phenoxy) is 2. The highest BCUT2D eigenvalue weighted by Gasteiger charge is 2.34. The molecule has 0 aliphatic rings. The zero-order valence-electron chi connectivity index (χ0n) is 25.1. The molecule has 0 saturated heterocycles. The maximum absolute atomic E-state index is 14.0. The van der Waals surface area contributed by atoms with E-state index >= 15 is 0 Å². The minimum Gasteiger partial charge on any atom is -0.462 e. The molecule has 2 aromatic carbocycles. The molecule has 0 atom stereocenters. The van der Waals surface area contributed by atoms with Crippen molar-refractivity contribution in [2.45, 2.75) is 13.8 Å². The molecule has 0 aliphatic carbocycles. The summed E-state index contributed by atoms with van der Waals surface area (Å²) in [4.78, 5) is 63.9. The van der Waals surface area contributed by atoms with Gasteiger partial charge in [-0.25, -0.2) is 9.59 Å². The van der Waals surface area contributed by atoms with Gasteiger partial charge in [0.15, 0.2) is 12.6 Å². The van der Waals surface area contributed by atoms with Crippen molar-refractivity contribution in [3.05, 3.63) is 107 Å². The Morgan fingerprint density at radius 2 is 0.978 bits per heavy atom. The van der Waals surface area contributed by atoms with Crippen LogP contribution in [0.2, 0.25) is 0 Å². The summed E-state index contributed by atoms with van der Waals surface area (Å²) in [7, 11) is 0. The minimum atomic E-state index is -0.589. The first-order chi connectivity index (χ1) is 22.5. The Kier molecular flexibility index (Phi) is 8.34. The van der Waals surface area contributed by atoms with Gasteiger partial charge in [0, 0.05) is 11.1 Å². The highest BCUT2D eigenvalue weighted by Crippen LogP contribution is 2.46. The number of esters is 2. The van der Waals surface area contributed by atoms with Crippen LogP contribution in [0.3, 0.4) is 0 Å². The number of benzene rings is 2. The van der Waals surface area contributed by atoms with Crippen LogP contribution in [-0.4, -0.2) is 57.7 Å². The molecule has 6 aromatic rings. The van der Waals surface area contributed by atoms with E-state index in [0.717, 1.165) is 5.56 Å². The average Bonchev–Trinajstić information content (AvgIpc) is 3.89. The van der Waals surface area contributed by atoms with E-state index in [-0.39, 0.29) is 24.3 Å². The van der Waals surface area contributed by atoms with Crippen molar-refractivity contribution in [1.29, 1.82) is 0 Å². The van der Waals surface area contributed by atoms with E-state index in [1.165, 1.54) is 0 Å². The molecule has 6 rings (SSSR count). The van der Waals surface area contributed by atoms with Crippen LogP contribution in [0.5, 0.6) is 0 Å². The lowest BCUT2D eigenvalue weighted by Gasteiger charge is -2.10. The third kappa shape index (κ3) is 5.36. The molecule has 0 unspecified atom stereocenters. The fraction of sp³-hybridized carbons (Fsp3) is 0.111. The first-order valence-electron chi connectivity index (χ1n) is 14.7. The van der Waals surface area contributed by atoms with Crippen LogP contribution >= 0.6 is 0 Å². The third-order valence-corrected chi connectivity index (χ3v) is 7.54. The van der Waals surface area contributed by atoms with Crippen molar-refractivity contribution >= 4 is 24.5 Å². The van der Waals surface area contributed by atoms with Crippen LogP contribution in [0.4, 0.5) is 0 Å². The topological polar surface area (TPSA) is 150 Å². The standard InChI is InChI=1S/C36H30N4O6/c1-3-45-35(43)29-28(22-13-9-6-10-14-22)33(40-32(29)26-18-16-24(20-42)38-26)34-30(36(44)46-4-2)27(21-11-7-5-8-12-21)31(39-34)25-17-15-23(19-41)37-25/h5-20,37-40H,3-4H2,1-2H3. The molecule has 4 aromatic heterocycles. The van der Waals surface area contributed by atoms with Gasteiger partial charge < -0.3 is 29.4 Å². The molecule has 4 heterocycles. The zero-order valence-corrected chi connectivity index (χ0v) is 25.1. The van der Waals surface area contributed by atoms with E-state index in [1.54, 1.807) is 38.1 Å². The third-order valence-electron chi connectivity index (χ3n) is 7.54. The number of H-pyrrole nitrogens is 4. The van der Waals surface area contributed by atoms with Crippen LogP contribution in [0.25, 0.3) is 56.4 Å². The predicted molar refractivity (Wildman–Crippen MR) is 174 cm³/mol. The van der Waals surface area contributed by atoms with E-state index in [4.69, 9.17) is 9.47 Å². The summed E-state index contributed by atoms with van der Waals surface area (Å²) in [6.07, 6.45) is 1.39. The van der Waals surface area contributed by atoms with Gasteiger partial charge >= 0.3 is 11.9 Å². The highest BCUT2D eigenvalue weighted by molar-refractivity contribution is 6.12. The van der Waals surface area contributed by atoms with Crippen molar-refractivity contribution in [2.75, 3.05) is 13.2 Å². The predicted octanol–water partition coefficient (Wildman–Crippen LogP) is 7.31. The molecule has 4 N–H and O–H groups in total. The molecular weight excluding hydrogens is 584 g/mol. The van der Waals surface area contributed by atoms with Gasteiger partial charge in [-0.3, -0.25) is 9.59 Å². The van der Waals surface area contributed by atoms with Crippen molar-refractivity contribution in [3.63, 3.8) is 0 Å². The molecule has 0 bridgehead atoms. The van der Waals surface area contributed by atoms with E-state index in [0.29, 0.717) is 74.8 Å². The number of aromatic nitrogens is 4. The molecule has 230 valence electrons. The molecular formula is C36H30N4O6. The number of hydrogen-bond acceptors (Lipinski definition) is 6. The maximum Gasteiger partial charge on any atom is 0.341 e. The normalized spacial score (nSPS) is 10.9. The number of hydrogen-bond donors (Lipinski definition) is 4. The van der Waals surface area contributed by atoms with E-state index in [1.807, 2.05) is 60.7 Å². The van der Waals surface area contributed by atoms with Crippen LogP contribution in [-0.2, 0) is 9.47 Å². The Balaban J connectivity index is 1.76. The van der Waals surface area contributed by atoms with Gasteiger partial charge in [0.25, 0.3) is 0 Å². The number of aromatic amines is 4. The van der Waals surface area contributed by atoms with E-state index in [9.17, 15) is 19.2 Å². The number of carbonyl (C=O) groups is 4. The van der Waals surface area contributed by atoms with Gasteiger partial charge in [0.2, 0.25) is 0 Å². The summed E-state index contributed by atoms with van der Waals surface area (Å²) in [5, 5.41) is 0. The van der Waals surface area contributed by atoms with Crippen molar-refractivity contribution < 1.29 is 28.7 Å². The largest absolute Gasteiger partial charge is 0.462 e. The lowest BCUT2D eigenvalue weighted by molar-refractivity contribution is 0.0519. The maximum atomic E-state index is 14.0. The SMILES string of the molecule is CCOC(=O)c1c(-c2[nH]c(-c3ccc(C=O)[nH]3)c(C(=O)OCC)c2-c2ccccc2)[nH]c(-c2ccc(C=O)[nH]2)c1-c1ccccc1. The number of nitrogens with one attached hydrogen (secondary N) is 4. The number of rotatable bonds is 11. The summed E-state index contributed by atoms with van der Waals surface area (Å²) < 4.78 is 11.2. The first kappa shape index (κ1) is 29.9. The Morgan fingerprint density at radius 1 is 0.543 bits per heavy atom. The van der Waals surface area contributed by atoms with Crippen LogP contribution in [0.15, 0.2) is 84.9 Å². The van der Waals surface area contributed by atoms with E-state index in [2.05, 4.69) is 19.9 Å². The van der Waals surface area contributed by atoms with Gasteiger partial charge in [0.05, 0.1) is 69.9 Å².